The second kappa shape index (κ2) is 8.95. The lowest BCUT2D eigenvalue weighted by Gasteiger charge is -2.14. The summed E-state index contributed by atoms with van der Waals surface area (Å²) in [6.45, 7) is 2.28. The summed E-state index contributed by atoms with van der Waals surface area (Å²) in [4.78, 5) is 7.79. The molecule has 0 aliphatic heterocycles. The molecule has 0 radical (unpaired) electrons. The molecule has 0 amide bonds. The summed E-state index contributed by atoms with van der Waals surface area (Å²) in [7, 11) is 1.58. The van der Waals surface area contributed by atoms with Crippen molar-refractivity contribution in [2.75, 3.05) is 7.11 Å². The molecule has 0 saturated carbocycles. The van der Waals surface area contributed by atoms with Crippen LogP contribution < -0.4 is 9.47 Å². The van der Waals surface area contributed by atoms with Crippen molar-refractivity contribution in [3.63, 3.8) is 0 Å². The molecule has 1 aromatic heterocycles. The number of aromatic nitrogens is 2. The van der Waals surface area contributed by atoms with Crippen LogP contribution in [-0.2, 0) is 6.61 Å². The molecular formula is C25H20ClN3O2. The van der Waals surface area contributed by atoms with Gasteiger partial charge in [0.15, 0.2) is 11.5 Å². The van der Waals surface area contributed by atoms with Gasteiger partial charge in [0.25, 0.3) is 0 Å². The van der Waals surface area contributed by atoms with Crippen molar-refractivity contribution in [2.45, 2.75) is 13.5 Å². The molecule has 0 unspecified atom stereocenters. The lowest BCUT2D eigenvalue weighted by atomic mass is 10.1. The SMILES string of the molecule is COc1cccc(/C=C(\C#N)c2nc3ccc(C)cc3[nH]2)c1OCc1ccccc1Cl. The predicted octanol–water partition coefficient (Wildman–Crippen LogP) is 6.18. The fraction of sp³-hybridized carbons (Fsp3) is 0.120. The van der Waals surface area contributed by atoms with Gasteiger partial charge in [-0.05, 0) is 42.8 Å². The smallest absolute Gasteiger partial charge is 0.168 e. The van der Waals surface area contributed by atoms with Crippen molar-refractivity contribution in [3.05, 3.63) is 88.2 Å². The Balaban J connectivity index is 1.72. The number of ether oxygens (including phenoxy) is 2. The van der Waals surface area contributed by atoms with Crippen LogP contribution >= 0.6 is 11.6 Å². The van der Waals surface area contributed by atoms with Crippen molar-refractivity contribution in [3.8, 4) is 17.6 Å². The van der Waals surface area contributed by atoms with Gasteiger partial charge in [-0.3, -0.25) is 0 Å². The maximum Gasteiger partial charge on any atom is 0.168 e. The minimum atomic E-state index is 0.271. The summed E-state index contributed by atoms with van der Waals surface area (Å²) in [5.74, 6) is 1.60. The normalized spacial score (nSPS) is 11.4. The van der Waals surface area contributed by atoms with Gasteiger partial charge in [0.2, 0.25) is 0 Å². The highest BCUT2D eigenvalue weighted by Crippen LogP contribution is 2.34. The summed E-state index contributed by atoms with van der Waals surface area (Å²) in [6.07, 6.45) is 1.75. The molecule has 0 spiro atoms. The third-order valence-corrected chi connectivity index (χ3v) is 5.24. The Morgan fingerprint density at radius 1 is 1.16 bits per heavy atom. The molecule has 0 atom stereocenters. The molecule has 0 aliphatic carbocycles. The van der Waals surface area contributed by atoms with Crippen molar-refractivity contribution in [1.82, 2.24) is 9.97 Å². The number of nitrogens with one attached hydrogen (secondary N) is 1. The van der Waals surface area contributed by atoms with E-state index in [0.717, 1.165) is 22.2 Å². The highest BCUT2D eigenvalue weighted by atomic mass is 35.5. The Morgan fingerprint density at radius 2 is 2.00 bits per heavy atom. The Morgan fingerprint density at radius 3 is 2.77 bits per heavy atom. The number of aryl methyl sites for hydroxylation is 1. The topological polar surface area (TPSA) is 70.9 Å². The number of H-pyrrole nitrogens is 1. The summed E-state index contributed by atoms with van der Waals surface area (Å²) < 4.78 is 11.6. The van der Waals surface area contributed by atoms with Crippen LogP contribution in [0.25, 0.3) is 22.7 Å². The summed E-state index contributed by atoms with van der Waals surface area (Å²) >= 11 is 6.26. The van der Waals surface area contributed by atoms with E-state index in [-0.39, 0.29) is 6.61 Å². The van der Waals surface area contributed by atoms with Crippen molar-refractivity contribution >= 4 is 34.3 Å². The molecule has 0 bridgehead atoms. The molecule has 31 heavy (non-hydrogen) atoms. The van der Waals surface area contributed by atoms with Crippen molar-refractivity contribution in [2.24, 2.45) is 0 Å². The van der Waals surface area contributed by atoms with Gasteiger partial charge in [-0.25, -0.2) is 4.98 Å². The fourth-order valence-corrected chi connectivity index (χ4v) is 3.48. The molecular weight excluding hydrogens is 410 g/mol. The number of hydrogen-bond donors (Lipinski definition) is 1. The number of para-hydroxylation sites is 1. The first-order valence-electron chi connectivity index (χ1n) is 9.71. The van der Waals surface area contributed by atoms with E-state index in [2.05, 4.69) is 16.0 Å². The Kier molecular flexibility index (Phi) is 5.92. The number of nitriles is 1. The average molecular weight is 430 g/mol. The van der Waals surface area contributed by atoms with Gasteiger partial charge in [0, 0.05) is 16.1 Å². The number of aromatic amines is 1. The van der Waals surface area contributed by atoms with Crippen LogP contribution in [0.15, 0.2) is 60.7 Å². The number of benzene rings is 3. The van der Waals surface area contributed by atoms with Crippen LogP contribution in [0.2, 0.25) is 5.02 Å². The van der Waals surface area contributed by atoms with Crippen molar-refractivity contribution < 1.29 is 9.47 Å². The quantitative estimate of drug-likeness (QED) is 0.371. The van der Waals surface area contributed by atoms with Gasteiger partial charge in [-0.1, -0.05) is 48.0 Å². The van der Waals surface area contributed by atoms with Gasteiger partial charge in [0.05, 0.1) is 23.7 Å². The van der Waals surface area contributed by atoms with E-state index in [9.17, 15) is 5.26 Å². The monoisotopic (exact) mass is 429 g/mol. The second-order valence-electron chi connectivity index (χ2n) is 7.03. The van der Waals surface area contributed by atoms with E-state index in [4.69, 9.17) is 21.1 Å². The molecule has 0 fully saturated rings. The van der Waals surface area contributed by atoms with E-state index in [1.54, 1.807) is 13.2 Å². The molecule has 1 heterocycles. The Hall–Kier alpha value is -3.75. The number of hydrogen-bond acceptors (Lipinski definition) is 4. The van der Waals surface area contributed by atoms with E-state index < -0.39 is 0 Å². The van der Waals surface area contributed by atoms with Gasteiger partial charge >= 0.3 is 0 Å². The molecule has 1 N–H and O–H groups in total. The molecule has 4 aromatic rings. The van der Waals surface area contributed by atoms with Crippen LogP contribution in [0.1, 0.15) is 22.5 Å². The third kappa shape index (κ3) is 4.40. The van der Waals surface area contributed by atoms with Gasteiger partial charge in [-0.2, -0.15) is 5.26 Å². The second-order valence-corrected chi connectivity index (χ2v) is 7.44. The molecule has 154 valence electrons. The zero-order valence-corrected chi connectivity index (χ0v) is 17.9. The van der Waals surface area contributed by atoms with Crippen LogP contribution in [0.5, 0.6) is 11.5 Å². The first kappa shape index (κ1) is 20.5. The van der Waals surface area contributed by atoms with Crippen LogP contribution in [0.3, 0.4) is 0 Å². The lowest BCUT2D eigenvalue weighted by Crippen LogP contribution is -2.00. The largest absolute Gasteiger partial charge is 0.493 e. The number of methoxy groups -OCH3 is 1. The summed E-state index contributed by atoms with van der Waals surface area (Å²) in [5.41, 5.74) is 4.77. The van der Waals surface area contributed by atoms with E-state index in [1.807, 2.05) is 67.6 Å². The van der Waals surface area contributed by atoms with E-state index in [1.165, 1.54) is 0 Å². The van der Waals surface area contributed by atoms with E-state index >= 15 is 0 Å². The number of halogens is 1. The third-order valence-electron chi connectivity index (χ3n) is 4.87. The summed E-state index contributed by atoms with van der Waals surface area (Å²) in [5, 5.41) is 10.4. The predicted molar refractivity (Wildman–Crippen MR) is 123 cm³/mol. The zero-order chi connectivity index (χ0) is 21.8. The molecule has 5 nitrogen and oxygen atoms in total. The minimum absolute atomic E-state index is 0.271. The zero-order valence-electron chi connectivity index (χ0n) is 17.1. The number of allylic oxidation sites excluding steroid dienone is 1. The van der Waals surface area contributed by atoms with Gasteiger partial charge in [-0.15, -0.1) is 0 Å². The van der Waals surface area contributed by atoms with Gasteiger partial charge < -0.3 is 14.5 Å². The van der Waals surface area contributed by atoms with E-state index in [0.29, 0.717) is 33.5 Å². The highest BCUT2D eigenvalue weighted by Gasteiger charge is 2.14. The maximum absolute atomic E-state index is 9.81. The number of rotatable bonds is 6. The first-order valence-corrected chi connectivity index (χ1v) is 10.1. The lowest BCUT2D eigenvalue weighted by molar-refractivity contribution is 0.284. The molecule has 0 saturated heterocycles. The first-order chi connectivity index (χ1) is 15.1. The minimum Gasteiger partial charge on any atom is -0.493 e. The fourth-order valence-electron chi connectivity index (χ4n) is 3.29. The molecule has 0 aliphatic rings. The molecule has 3 aromatic carbocycles. The number of fused-ring (bicyclic) bond motifs is 1. The standard InChI is InChI=1S/C25H20ClN3O2/c1-16-10-11-21-22(12-16)29-25(28-21)19(14-27)13-17-7-5-9-23(30-2)24(17)31-15-18-6-3-4-8-20(18)26/h3-13H,15H2,1-2H3,(H,28,29)/b19-13+. The number of imidazole rings is 1. The summed E-state index contributed by atoms with van der Waals surface area (Å²) in [6, 6.07) is 21.2. The Bertz CT molecular complexity index is 1320. The molecule has 6 heteroatoms. The Labute approximate surface area is 185 Å². The van der Waals surface area contributed by atoms with Crippen LogP contribution in [0.4, 0.5) is 0 Å². The maximum atomic E-state index is 9.81. The van der Waals surface area contributed by atoms with Gasteiger partial charge in [0.1, 0.15) is 18.5 Å². The average Bonchev–Trinajstić information content (AvgIpc) is 3.20. The van der Waals surface area contributed by atoms with Crippen LogP contribution in [0, 0.1) is 18.3 Å². The number of nitrogens with zero attached hydrogens (tertiary/aromatic N) is 2. The molecule has 4 rings (SSSR count). The van der Waals surface area contributed by atoms with Crippen molar-refractivity contribution in [1.29, 1.82) is 5.26 Å². The van der Waals surface area contributed by atoms with Crippen LogP contribution in [-0.4, -0.2) is 17.1 Å². The highest BCUT2D eigenvalue weighted by molar-refractivity contribution is 6.31.